The van der Waals surface area contributed by atoms with Gasteiger partial charge in [0.1, 0.15) is 6.26 Å². The summed E-state index contributed by atoms with van der Waals surface area (Å²) in [5.41, 5.74) is 7.38. The second-order valence-electron chi connectivity index (χ2n) is 5.63. The van der Waals surface area contributed by atoms with Crippen LogP contribution in [0.25, 0.3) is 11.5 Å². The summed E-state index contributed by atoms with van der Waals surface area (Å²) in [4.78, 5) is 16.2. The highest BCUT2D eigenvalue weighted by atomic mass is 35.5. The first-order chi connectivity index (χ1) is 10.6. The largest absolute Gasteiger partial charge is 0.444 e. The van der Waals surface area contributed by atoms with Crippen molar-refractivity contribution in [2.24, 2.45) is 11.7 Å². The lowest BCUT2D eigenvalue weighted by molar-refractivity contribution is -0.120. The Morgan fingerprint density at radius 1 is 1.41 bits per heavy atom. The Morgan fingerprint density at radius 3 is 2.82 bits per heavy atom. The van der Waals surface area contributed by atoms with Gasteiger partial charge in [-0.05, 0) is 43.0 Å². The van der Waals surface area contributed by atoms with Gasteiger partial charge in [-0.15, -0.1) is 0 Å². The number of hydrogen-bond acceptors (Lipinski definition) is 4. The predicted octanol–water partition coefficient (Wildman–Crippen LogP) is 2.39. The molecule has 0 spiro atoms. The number of rotatable bonds is 6. The highest BCUT2D eigenvalue weighted by Gasteiger charge is 2.28. The molecule has 6 heteroatoms. The van der Waals surface area contributed by atoms with Gasteiger partial charge in [-0.1, -0.05) is 11.6 Å². The van der Waals surface area contributed by atoms with Crippen LogP contribution in [0, 0.1) is 5.92 Å². The Hall–Kier alpha value is -1.85. The molecule has 1 heterocycles. The fourth-order valence-electron chi connectivity index (χ4n) is 2.26. The van der Waals surface area contributed by atoms with Crippen LogP contribution in [0.1, 0.15) is 18.5 Å². The fourth-order valence-corrected chi connectivity index (χ4v) is 2.39. The van der Waals surface area contributed by atoms with E-state index in [1.54, 1.807) is 12.1 Å². The van der Waals surface area contributed by atoms with E-state index in [4.69, 9.17) is 21.8 Å². The zero-order valence-corrected chi connectivity index (χ0v) is 12.8. The first-order valence-corrected chi connectivity index (χ1v) is 7.72. The third-order valence-electron chi connectivity index (χ3n) is 3.75. The Balaban J connectivity index is 1.54. The summed E-state index contributed by atoms with van der Waals surface area (Å²) < 4.78 is 5.41. The molecule has 0 aliphatic heterocycles. The van der Waals surface area contributed by atoms with Gasteiger partial charge in [-0.2, -0.15) is 0 Å². The lowest BCUT2D eigenvalue weighted by atomic mass is 10.2. The Kier molecular flexibility index (Phi) is 4.45. The quantitative estimate of drug-likeness (QED) is 0.856. The number of aromatic nitrogens is 1. The Morgan fingerprint density at radius 2 is 2.14 bits per heavy atom. The van der Waals surface area contributed by atoms with E-state index in [2.05, 4.69) is 10.3 Å². The lowest BCUT2D eigenvalue weighted by Crippen LogP contribution is -2.39. The van der Waals surface area contributed by atoms with Gasteiger partial charge in [-0.3, -0.25) is 4.79 Å². The average molecular weight is 320 g/mol. The Bertz CT molecular complexity index is 650. The van der Waals surface area contributed by atoms with Crippen LogP contribution in [-0.4, -0.2) is 23.5 Å². The molecule has 1 saturated carbocycles. The van der Waals surface area contributed by atoms with Gasteiger partial charge >= 0.3 is 0 Å². The second kappa shape index (κ2) is 6.50. The summed E-state index contributed by atoms with van der Waals surface area (Å²) in [7, 11) is 0. The molecule has 1 aliphatic rings. The molecule has 0 radical (unpaired) electrons. The summed E-state index contributed by atoms with van der Waals surface area (Å²) in [6.45, 7) is 0.519. The number of nitrogens with two attached hydrogens (primary N) is 1. The van der Waals surface area contributed by atoms with Crippen molar-refractivity contribution in [1.29, 1.82) is 0 Å². The highest BCUT2D eigenvalue weighted by Crippen LogP contribution is 2.31. The summed E-state index contributed by atoms with van der Waals surface area (Å²) in [6, 6.07) is 7.25. The molecule has 1 unspecified atom stereocenters. The molecule has 22 heavy (non-hydrogen) atoms. The molecular formula is C16H18ClN3O2. The number of nitrogens with zero attached hydrogens (tertiary/aromatic N) is 1. The van der Waals surface area contributed by atoms with Crippen molar-refractivity contribution in [3.05, 3.63) is 41.2 Å². The number of carbonyl (C=O) groups excluding carboxylic acids is 1. The first kappa shape index (κ1) is 15.1. The van der Waals surface area contributed by atoms with Crippen molar-refractivity contribution >= 4 is 17.5 Å². The number of carbonyl (C=O) groups is 1. The van der Waals surface area contributed by atoms with Gasteiger partial charge in [0.25, 0.3) is 0 Å². The number of hydrogen-bond donors (Lipinski definition) is 2. The van der Waals surface area contributed by atoms with Crippen LogP contribution in [0.2, 0.25) is 5.02 Å². The van der Waals surface area contributed by atoms with Crippen LogP contribution in [-0.2, 0) is 11.2 Å². The molecule has 2 aromatic rings. The molecule has 1 aromatic heterocycles. The summed E-state index contributed by atoms with van der Waals surface area (Å²) in [5, 5.41) is 3.50. The van der Waals surface area contributed by atoms with Crippen LogP contribution in [0.5, 0.6) is 0 Å². The number of nitrogens with one attached hydrogen (secondary N) is 1. The van der Waals surface area contributed by atoms with E-state index in [0.717, 1.165) is 5.56 Å². The maximum absolute atomic E-state index is 11.9. The third kappa shape index (κ3) is 3.87. The van der Waals surface area contributed by atoms with E-state index in [1.807, 2.05) is 12.1 Å². The minimum absolute atomic E-state index is 0.0610. The van der Waals surface area contributed by atoms with Crippen LogP contribution in [0.4, 0.5) is 0 Å². The smallest absolute Gasteiger partial charge is 0.226 e. The van der Waals surface area contributed by atoms with Crippen molar-refractivity contribution in [1.82, 2.24) is 10.3 Å². The number of benzene rings is 1. The van der Waals surface area contributed by atoms with E-state index in [-0.39, 0.29) is 18.4 Å². The average Bonchev–Trinajstić information content (AvgIpc) is 3.26. The van der Waals surface area contributed by atoms with Gasteiger partial charge < -0.3 is 15.5 Å². The van der Waals surface area contributed by atoms with E-state index < -0.39 is 0 Å². The minimum atomic E-state index is -0.0907. The van der Waals surface area contributed by atoms with Gasteiger partial charge in [0, 0.05) is 23.2 Å². The van der Waals surface area contributed by atoms with Gasteiger partial charge in [0.2, 0.25) is 11.8 Å². The summed E-state index contributed by atoms with van der Waals surface area (Å²) in [6.07, 6.45) is 4.04. The second-order valence-corrected chi connectivity index (χ2v) is 6.07. The number of oxazole rings is 1. The molecule has 5 nitrogen and oxygen atoms in total. The molecule has 3 N–H and O–H groups in total. The topological polar surface area (TPSA) is 81.1 Å². The molecule has 1 aromatic carbocycles. The maximum atomic E-state index is 11.9. The summed E-state index contributed by atoms with van der Waals surface area (Å²) in [5.74, 6) is 0.963. The molecule has 0 saturated heterocycles. The van der Waals surface area contributed by atoms with E-state index in [1.165, 1.54) is 19.1 Å². The third-order valence-corrected chi connectivity index (χ3v) is 4.00. The SMILES string of the molecule is NC(CNC(=O)Cc1coc(-c2ccc(Cl)cc2)n1)C1CC1. The van der Waals surface area contributed by atoms with Crippen molar-refractivity contribution in [3.63, 3.8) is 0 Å². The standard InChI is InChI=1S/C16H18ClN3O2/c17-12-5-3-11(4-6-12)16-20-13(9-22-16)7-15(21)19-8-14(18)10-1-2-10/h3-6,9-10,14H,1-2,7-8,18H2,(H,19,21). The van der Waals surface area contributed by atoms with E-state index in [9.17, 15) is 4.79 Å². The number of amides is 1. The van der Waals surface area contributed by atoms with Crippen molar-refractivity contribution in [2.75, 3.05) is 6.54 Å². The van der Waals surface area contributed by atoms with Crippen LogP contribution < -0.4 is 11.1 Å². The monoisotopic (exact) mass is 319 g/mol. The molecule has 0 bridgehead atoms. The summed E-state index contributed by atoms with van der Waals surface area (Å²) >= 11 is 5.85. The normalized spacial score (nSPS) is 15.5. The van der Waals surface area contributed by atoms with Crippen molar-refractivity contribution in [3.8, 4) is 11.5 Å². The fraction of sp³-hybridized carbons (Fsp3) is 0.375. The number of halogens is 1. The lowest BCUT2D eigenvalue weighted by Gasteiger charge is -2.10. The minimum Gasteiger partial charge on any atom is -0.444 e. The highest BCUT2D eigenvalue weighted by molar-refractivity contribution is 6.30. The molecule has 1 aliphatic carbocycles. The van der Waals surface area contributed by atoms with Gasteiger partial charge in [0.05, 0.1) is 12.1 Å². The van der Waals surface area contributed by atoms with Crippen LogP contribution >= 0.6 is 11.6 Å². The first-order valence-electron chi connectivity index (χ1n) is 7.34. The zero-order chi connectivity index (χ0) is 15.5. The van der Waals surface area contributed by atoms with E-state index >= 15 is 0 Å². The van der Waals surface area contributed by atoms with Crippen molar-refractivity contribution in [2.45, 2.75) is 25.3 Å². The molecule has 116 valence electrons. The predicted molar refractivity (Wildman–Crippen MR) is 84.4 cm³/mol. The maximum Gasteiger partial charge on any atom is 0.226 e. The molecular weight excluding hydrogens is 302 g/mol. The molecule has 1 amide bonds. The van der Waals surface area contributed by atoms with Crippen LogP contribution in [0.15, 0.2) is 34.9 Å². The van der Waals surface area contributed by atoms with Gasteiger partial charge in [-0.25, -0.2) is 4.98 Å². The zero-order valence-electron chi connectivity index (χ0n) is 12.1. The van der Waals surface area contributed by atoms with E-state index in [0.29, 0.717) is 29.1 Å². The van der Waals surface area contributed by atoms with Crippen molar-refractivity contribution < 1.29 is 9.21 Å². The molecule has 3 rings (SSSR count). The van der Waals surface area contributed by atoms with Gasteiger partial charge in [0.15, 0.2) is 0 Å². The molecule has 1 fully saturated rings. The Labute approximate surface area is 133 Å². The van der Waals surface area contributed by atoms with Crippen LogP contribution in [0.3, 0.4) is 0 Å². The molecule has 1 atom stereocenters.